The van der Waals surface area contributed by atoms with Crippen LogP contribution in [0, 0.1) is 5.92 Å². The first-order valence-corrected chi connectivity index (χ1v) is 11.5. The summed E-state index contributed by atoms with van der Waals surface area (Å²) in [6, 6.07) is 8.12. The van der Waals surface area contributed by atoms with E-state index in [9.17, 15) is 35.2 Å². The van der Waals surface area contributed by atoms with Crippen molar-refractivity contribution in [1.29, 1.82) is 0 Å². The Morgan fingerprint density at radius 1 is 1.03 bits per heavy atom. The van der Waals surface area contributed by atoms with Gasteiger partial charge in [0.2, 0.25) is 0 Å². The van der Waals surface area contributed by atoms with Crippen molar-refractivity contribution in [2.24, 2.45) is 5.92 Å². The molecule has 2 aromatic rings. The van der Waals surface area contributed by atoms with E-state index in [0.29, 0.717) is 37.2 Å². The van der Waals surface area contributed by atoms with Crippen LogP contribution in [-0.4, -0.2) is 44.6 Å². The molecule has 0 bridgehead atoms. The minimum Gasteiger partial charge on any atom is -0.342 e. The predicted octanol–water partition coefficient (Wildman–Crippen LogP) is 4.11. The number of hydrogen-bond donors (Lipinski definition) is 1. The van der Waals surface area contributed by atoms with Gasteiger partial charge in [-0.1, -0.05) is 18.2 Å². The van der Waals surface area contributed by atoms with Gasteiger partial charge >= 0.3 is 28.2 Å². The molecule has 0 unspecified atom stereocenters. The number of carbonyl (C=O) groups excluding carboxylic acids is 1. The number of piperidine rings is 1. The lowest BCUT2D eigenvalue weighted by atomic mass is 9.99. The molecular weight excluding hydrogens is 471 g/mol. The van der Waals surface area contributed by atoms with Gasteiger partial charge < -0.3 is 9.50 Å². The number of pyridine rings is 1. The van der Waals surface area contributed by atoms with Crippen molar-refractivity contribution in [3.8, 4) is 11.3 Å². The summed E-state index contributed by atoms with van der Waals surface area (Å²) in [5, 5.41) is 3.07. The molecule has 0 radical (unpaired) electrons. The molecule has 180 valence electrons. The SMILES string of the molecule is O=C(OS(=O)(=O)c1ccc(-c2ccc(CCC(F)(F)C(F)(F)F)cn2)cc1)C1CCNCC1. The van der Waals surface area contributed by atoms with Gasteiger partial charge in [-0.15, -0.1) is 0 Å². The quantitative estimate of drug-likeness (QED) is 0.463. The average molecular weight is 492 g/mol. The molecule has 6 nitrogen and oxygen atoms in total. The van der Waals surface area contributed by atoms with Crippen molar-refractivity contribution in [1.82, 2.24) is 10.3 Å². The first kappa shape index (κ1) is 25.0. The monoisotopic (exact) mass is 492 g/mol. The lowest BCUT2D eigenvalue weighted by molar-refractivity contribution is -0.284. The van der Waals surface area contributed by atoms with Gasteiger partial charge in [0.1, 0.15) is 4.90 Å². The molecule has 1 aromatic heterocycles. The number of aromatic nitrogens is 1. The van der Waals surface area contributed by atoms with Crippen molar-refractivity contribution >= 4 is 16.1 Å². The third-order valence-electron chi connectivity index (χ3n) is 5.27. The lowest BCUT2D eigenvalue weighted by Gasteiger charge is -2.20. The number of nitrogens with one attached hydrogen (secondary N) is 1. The highest BCUT2D eigenvalue weighted by molar-refractivity contribution is 7.87. The number of rotatable bonds is 7. The first-order chi connectivity index (χ1) is 15.4. The van der Waals surface area contributed by atoms with E-state index in [-0.39, 0.29) is 10.5 Å². The number of alkyl halides is 5. The fourth-order valence-corrected chi connectivity index (χ4v) is 4.18. The minimum absolute atomic E-state index is 0.201. The Morgan fingerprint density at radius 3 is 2.21 bits per heavy atom. The molecule has 1 N–H and O–H groups in total. The fourth-order valence-electron chi connectivity index (χ4n) is 3.26. The van der Waals surface area contributed by atoms with E-state index in [2.05, 4.69) is 10.3 Å². The standard InChI is InChI=1S/C21H21F5N2O4S/c22-20(23,21(24,25)26)10-7-14-1-6-18(28-13-14)15-2-4-17(5-3-15)33(30,31)32-19(29)16-8-11-27-12-9-16/h1-6,13,16,27H,7-12H2. The topological polar surface area (TPSA) is 85.4 Å². The van der Waals surface area contributed by atoms with E-state index in [1.807, 2.05) is 0 Å². The van der Waals surface area contributed by atoms with Gasteiger partial charge in [0.15, 0.2) is 0 Å². The van der Waals surface area contributed by atoms with Crippen molar-refractivity contribution in [2.45, 2.75) is 42.7 Å². The van der Waals surface area contributed by atoms with E-state index in [4.69, 9.17) is 4.18 Å². The summed E-state index contributed by atoms with van der Waals surface area (Å²) in [5.41, 5.74) is 1.04. The molecule has 1 aromatic carbocycles. The molecule has 0 aliphatic carbocycles. The largest absolute Gasteiger partial charge is 0.453 e. The molecule has 1 fully saturated rings. The molecule has 0 atom stereocenters. The van der Waals surface area contributed by atoms with Crippen LogP contribution in [0.4, 0.5) is 22.0 Å². The molecular formula is C21H21F5N2O4S. The number of nitrogens with zero attached hydrogens (tertiary/aromatic N) is 1. The Bertz CT molecular complexity index is 1070. The Morgan fingerprint density at radius 2 is 1.67 bits per heavy atom. The molecule has 2 heterocycles. The number of aryl methyl sites for hydroxylation is 1. The Kier molecular flexibility index (Phi) is 7.37. The van der Waals surface area contributed by atoms with E-state index < -0.39 is 46.9 Å². The van der Waals surface area contributed by atoms with Crippen LogP contribution in [-0.2, 0) is 25.5 Å². The van der Waals surface area contributed by atoms with Crippen molar-refractivity contribution in [3.05, 3.63) is 48.2 Å². The zero-order chi connectivity index (χ0) is 24.3. The van der Waals surface area contributed by atoms with Gasteiger partial charge in [-0.3, -0.25) is 9.78 Å². The van der Waals surface area contributed by atoms with Gasteiger partial charge in [0.05, 0.1) is 11.6 Å². The van der Waals surface area contributed by atoms with Crippen LogP contribution in [0.15, 0.2) is 47.5 Å². The number of halogens is 5. The van der Waals surface area contributed by atoms with Crippen LogP contribution in [0.3, 0.4) is 0 Å². The maximum absolute atomic E-state index is 13.1. The number of carbonyl (C=O) groups is 1. The van der Waals surface area contributed by atoms with Gasteiger partial charge in [-0.2, -0.15) is 30.4 Å². The van der Waals surface area contributed by atoms with Gasteiger partial charge in [-0.05, 0) is 56.1 Å². The molecule has 0 spiro atoms. The molecule has 3 rings (SSSR count). The second-order valence-electron chi connectivity index (χ2n) is 7.66. The third kappa shape index (κ3) is 6.26. The Balaban J connectivity index is 1.64. The van der Waals surface area contributed by atoms with Crippen molar-refractivity contribution < 1.29 is 39.3 Å². The number of hydrogen-bond acceptors (Lipinski definition) is 6. The van der Waals surface area contributed by atoms with E-state index >= 15 is 0 Å². The number of benzene rings is 1. The van der Waals surface area contributed by atoms with Gasteiger partial charge in [0.25, 0.3) is 0 Å². The minimum atomic E-state index is -5.61. The van der Waals surface area contributed by atoms with Gasteiger partial charge in [0, 0.05) is 18.2 Å². The van der Waals surface area contributed by atoms with Gasteiger partial charge in [-0.25, -0.2) is 0 Å². The summed E-state index contributed by atoms with van der Waals surface area (Å²) < 4.78 is 92.4. The highest BCUT2D eigenvalue weighted by Gasteiger charge is 2.56. The predicted molar refractivity (Wildman–Crippen MR) is 108 cm³/mol. The van der Waals surface area contributed by atoms with E-state index in [0.717, 1.165) is 0 Å². The highest BCUT2D eigenvalue weighted by atomic mass is 32.2. The van der Waals surface area contributed by atoms with Crippen LogP contribution in [0.25, 0.3) is 11.3 Å². The smallest absolute Gasteiger partial charge is 0.342 e. The molecule has 12 heteroatoms. The maximum Gasteiger partial charge on any atom is 0.453 e. The molecule has 1 aliphatic heterocycles. The van der Waals surface area contributed by atoms with E-state index in [1.54, 1.807) is 0 Å². The Hall–Kier alpha value is -2.60. The fraction of sp³-hybridized carbons (Fsp3) is 0.429. The summed E-state index contributed by atoms with van der Waals surface area (Å²) >= 11 is 0. The summed E-state index contributed by atoms with van der Waals surface area (Å²) in [4.78, 5) is 16.0. The molecule has 1 saturated heterocycles. The Labute approximate surface area is 187 Å². The highest BCUT2D eigenvalue weighted by Crippen LogP contribution is 2.38. The third-order valence-corrected chi connectivity index (χ3v) is 6.50. The maximum atomic E-state index is 13.1. The molecule has 1 aliphatic rings. The zero-order valence-electron chi connectivity index (χ0n) is 17.2. The average Bonchev–Trinajstić information content (AvgIpc) is 2.78. The second-order valence-corrected chi connectivity index (χ2v) is 9.21. The van der Waals surface area contributed by atoms with Crippen LogP contribution >= 0.6 is 0 Å². The van der Waals surface area contributed by atoms with Crippen LogP contribution < -0.4 is 5.32 Å². The van der Waals surface area contributed by atoms with Crippen LogP contribution in [0.5, 0.6) is 0 Å². The zero-order valence-corrected chi connectivity index (χ0v) is 18.1. The molecule has 0 saturated carbocycles. The second kappa shape index (κ2) is 9.72. The molecule has 33 heavy (non-hydrogen) atoms. The lowest BCUT2D eigenvalue weighted by Crippen LogP contribution is -2.36. The summed E-state index contributed by atoms with van der Waals surface area (Å²) in [6.07, 6.45) is -5.34. The molecule has 0 amide bonds. The van der Waals surface area contributed by atoms with Crippen molar-refractivity contribution in [2.75, 3.05) is 13.1 Å². The van der Waals surface area contributed by atoms with E-state index in [1.165, 1.54) is 42.6 Å². The first-order valence-electron chi connectivity index (χ1n) is 10.1. The normalized spacial score (nSPS) is 15.9. The van der Waals surface area contributed by atoms with Crippen molar-refractivity contribution in [3.63, 3.8) is 0 Å². The van der Waals surface area contributed by atoms with Crippen LogP contribution in [0.2, 0.25) is 0 Å². The van der Waals surface area contributed by atoms with Crippen LogP contribution in [0.1, 0.15) is 24.8 Å². The summed E-state index contributed by atoms with van der Waals surface area (Å²) in [5.74, 6) is -6.07. The summed E-state index contributed by atoms with van der Waals surface area (Å²) in [6.45, 7) is 1.20. The summed E-state index contributed by atoms with van der Waals surface area (Å²) in [7, 11) is -4.30.